The number of anilines is 1. The Balaban J connectivity index is 1.72. The predicted molar refractivity (Wildman–Crippen MR) is 103 cm³/mol. The Hall–Kier alpha value is -3.69. The standard InChI is InChI=1S/C21H15F4N3O3/c22-13-3-4-17(15(8-13)11-1-2-11)31-20-16(7-12(10-27-20)21(23,24)25)19(30)28-14-5-6-26-18(29)9-14/h3-11H,1-2H2,(H2,26,28,29,30). The first-order valence-electron chi connectivity index (χ1n) is 9.25. The molecule has 0 bridgehead atoms. The summed E-state index contributed by atoms with van der Waals surface area (Å²) < 4.78 is 58.9. The van der Waals surface area contributed by atoms with Crippen LogP contribution in [0.1, 0.15) is 40.2 Å². The fourth-order valence-corrected chi connectivity index (χ4v) is 3.00. The van der Waals surface area contributed by atoms with Crippen molar-refractivity contribution in [3.8, 4) is 11.6 Å². The maximum absolute atomic E-state index is 13.7. The molecule has 0 radical (unpaired) electrons. The van der Waals surface area contributed by atoms with Gasteiger partial charge < -0.3 is 15.0 Å². The zero-order valence-electron chi connectivity index (χ0n) is 15.8. The molecule has 4 rings (SSSR count). The molecule has 2 heterocycles. The number of halogens is 4. The maximum atomic E-state index is 13.7. The molecule has 0 spiro atoms. The number of carbonyl (C=O) groups excluding carboxylic acids is 1. The molecular weight excluding hydrogens is 418 g/mol. The average Bonchev–Trinajstić information content (AvgIpc) is 3.54. The lowest BCUT2D eigenvalue weighted by Gasteiger charge is -2.15. The number of aromatic amines is 1. The maximum Gasteiger partial charge on any atom is 0.417 e. The van der Waals surface area contributed by atoms with Crippen LogP contribution in [0.5, 0.6) is 11.6 Å². The van der Waals surface area contributed by atoms with E-state index in [9.17, 15) is 27.2 Å². The van der Waals surface area contributed by atoms with Crippen molar-refractivity contribution in [1.29, 1.82) is 0 Å². The quantitative estimate of drug-likeness (QED) is 0.564. The third-order valence-corrected chi connectivity index (χ3v) is 4.65. The fraction of sp³-hybridized carbons (Fsp3) is 0.190. The number of H-pyrrole nitrogens is 1. The zero-order valence-corrected chi connectivity index (χ0v) is 15.8. The molecule has 6 nitrogen and oxygen atoms in total. The second-order valence-electron chi connectivity index (χ2n) is 7.03. The van der Waals surface area contributed by atoms with Crippen LogP contribution in [-0.2, 0) is 6.18 Å². The SMILES string of the molecule is O=C(Nc1cc[nH]c(=O)c1)c1cc(C(F)(F)F)cnc1Oc1ccc(F)cc1C1CC1. The lowest BCUT2D eigenvalue weighted by Crippen LogP contribution is -2.17. The highest BCUT2D eigenvalue weighted by Gasteiger charge is 2.33. The smallest absolute Gasteiger partial charge is 0.417 e. The van der Waals surface area contributed by atoms with Crippen molar-refractivity contribution in [2.75, 3.05) is 5.32 Å². The first-order valence-corrected chi connectivity index (χ1v) is 9.25. The summed E-state index contributed by atoms with van der Waals surface area (Å²) in [5, 5.41) is 2.36. The number of alkyl halides is 3. The van der Waals surface area contributed by atoms with E-state index in [-0.39, 0.29) is 23.2 Å². The van der Waals surface area contributed by atoms with Crippen LogP contribution in [0.15, 0.2) is 53.6 Å². The van der Waals surface area contributed by atoms with Crippen molar-refractivity contribution >= 4 is 11.6 Å². The molecule has 2 N–H and O–H groups in total. The number of hydrogen-bond acceptors (Lipinski definition) is 4. The second kappa shape index (κ2) is 7.86. The minimum atomic E-state index is -4.74. The molecule has 3 aromatic rings. The Bertz CT molecular complexity index is 1200. The second-order valence-corrected chi connectivity index (χ2v) is 7.03. The van der Waals surface area contributed by atoms with E-state index in [2.05, 4.69) is 15.3 Å². The first kappa shape index (κ1) is 20.6. The molecule has 1 amide bonds. The monoisotopic (exact) mass is 433 g/mol. The summed E-state index contributed by atoms with van der Waals surface area (Å²) >= 11 is 0. The molecule has 0 atom stereocenters. The van der Waals surface area contributed by atoms with Gasteiger partial charge in [-0.2, -0.15) is 13.2 Å². The Labute approximate surface area is 172 Å². The summed E-state index contributed by atoms with van der Waals surface area (Å²) in [7, 11) is 0. The first-order chi connectivity index (χ1) is 14.7. The molecule has 1 aliphatic rings. The summed E-state index contributed by atoms with van der Waals surface area (Å²) in [6, 6.07) is 6.86. The van der Waals surface area contributed by atoms with E-state index in [1.165, 1.54) is 24.4 Å². The van der Waals surface area contributed by atoms with Gasteiger partial charge in [-0.25, -0.2) is 9.37 Å². The van der Waals surface area contributed by atoms with Crippen molar-refractivity contribution in [2.24, 2.45) is 0 Å². The highest BCUT2D eigenvalue weighted by Crippen LogP contribution is 2.45. The van der Waals surface area contributed by atoms with E-state index in [4.69, 9.17) is 4.74 Å². The van der Waals surface area contributed by atoms with Crippen LogP contribution in [0, 0.1) is 5.82 Å². The fourth-order valence-electron chi connectivity index (χ4n) is 3.00. The van der Waals surface area contributed by atoms with Gasteiger partial charge in [0.2, 0.25) is 11.4 Å². The zero-order chi connectivity index (χ0) is 22.2. The van der Waals surface area contributed by atoms with Crippen LogP contribution in [0.3, 0.4) is 0 Å². The van der Waals surface area contributed by atoms with Gasteiger partial charge in [-0.3, -0.25) is 9.59 Å². The van der Waals surface area contributed by atoms with Gasteiger partial charge in [-0.1, -0.05) is 0 Å². The van der Waals surface area contributed by atoms with E-state index in [0.29, 0.717) is 17.8 Å². The van der Waals surface area contributed by atoms with Crippen molar-refractivity contribution < 1.29 is 27.1 Å². The Morgan fingerprint density at radius 2 is 1.94 bits per heavy atom. The van der Waals surface area contributed by atoms with Crippen LogP contribution in [-0.4, -0.2) is 15.9 Å². The molecule has 10 heteroatoms. The van der Waals surface area contributed by atoms with Crippen LogP contribution < -0.4 is 15.6 Å². The van der Waals surface area contributed by atoms with Crippen LogP contribution in [0.25, 0.3) is 0 Å². The van der Waals surface area contributed by atoms with Gasteiger partial charge in [0.15, 0.2) is 0 Å². The molecule has 2 aromatic heterocycles. The summed E-state index contributed by atoms with van der Waals surface area (Å²) in [4.78, 5) is 30.2. The minimum Gasteiger partial charge on any atom is -0.438 e. The lowest BCUT2D eigenvalue weighted by atomic mass is 10.1. The molecule has 1 fully saturated rings. The van der Waals surface area contributed by atoms with Crippen LogP contribution in [0.2, 0.25) is 0 Å². The minimum absolute atomic E-state index is 0.0773. The van der Waals surface area contributed by atoms with Gasteiger partial charge in [0.05, 0.1) is 5.56 Å². The Kier molecular flexibility index (Phi) is 5.22. The number of benzene rings is 1. The Morgan fingerprint density at radius 1 is 1.16 bits per heavy atom. The largest absolute Gasteiger partial charge is 0.438 e. The van der Waals surface area contributed by atoms with Gasteiger partial charge in [-0.15, -0.1) is 0 Å². The summed E-state index contributed by atoms with van der Waals surface area (Å²) in [5.74, 6) is -1.50. The number of carbonyl (C=O) groups is 1. The third kappa shape index (κ3) is 4.73. The average molecular weight is 433 g/mol. The van der Waals surface area contributed by atoms with Gasteiger partial charge in [0, 0.05) is 29.7 Å². The highest BCUT2D eigenvalue weighted by molar-refractivity contribution is 6.06. The van der Waals surface area contributed by atoms with E-state index in [1.807, 2.05) is 0 Å². The van der Waals surface area contributed by atoms with Crippen molar-refractivity contribution in [2.45, 2.75) is 24.9 Å². The van der Waals surface area contributed by atoms with E-state index in [0.717, 1.165) is 25.0 Å². The van der Waals surface area contributed by atoms with E-state index < -0.39 is 34.6 Å². The number of ether oxygens (including phenoxy) is 1. The molecule has 0 aliphatic heterocycles. The highest BCUT2D eigenvalue weighted by atomic mass is 19.4. The number of amides is 1. The summed E-state index contributed by atoms with van der Waals surface area (Å²) in [6.45, 7) is 0. The van der Waals surface area contributed by atoms with Crippen molar-refractivity contribution in [3.63, 3.8) is 0 Å². The van der Waals surface area contributed by atoms with Crippen molar-refractivity contribution in [3.05, 3.63) is 81.7 Å². The Morgan fingerprint density at radius 3 is 2.61 bits per heavy atom. The van der Waals surface area contributed by atoms with Gasteiger partial charge in [-0.05, 0) is 49.1 Å². The summed E-state index contributed by atoms with van der Waals surface area (Å²) in [5.41, 5.74) is -1.49. The number of aromatic nitrogens is 2. The molecule has 160 valence electrons. The van der Waals surface area contributed by atoms with Gasteiger partial charge >= 0.3 is 6.18 Å². The van der Waals surface area contributed by atoms with E-state index >= 15 is 0 Å². The number of pyridine rings is 2. The molecule has 1 saturated carbocycles. The molecule has 1 aliphatic carbocycles. The molecule has 0 saturated heterocycles. The normalized spacial score (nSPS) is 13.7. The summed E-state index contributed by atoms with van der Waals surface area (Å²) in [6.07, 6.45) is -1.24. The van der Waals surface area contributed by atoms with Crippen LogP contribution in [0.4, 0.5) is 23.2 Å². The van der Waals surface area contributed by atoms with Gasteiger partial charge in [0.25, 0.3) is 5.91 Å². The van der Waals surface area contributed by atoms with E-state index in [1.54, 1.807) is 0 Å². The molecule has 1 aromatic carbocycles. The predicted octanol–water partition coefficient (Wildman–Crippen LogP) is 4.85. The van der Waals surface area contributed by atoms with Crippen LogP contribution >= 0.6 is 0 Å². The lowest BCUT2D eigenvalue weighted by molar-refractivity contribution is -0.137. The molecule has 31 heavy (non-hydrogen) atoms. The number of nitrogens with one attached hydrogen (secondary N) is 2. The molecular formula is C21H15F4N3O3. The topological polar surface area (TPSA) is 84.1 Å². The third-order valence-electron chi connectivity index (χ3n) is 4.65. The van der Waals surface area contributed by atoms with Crippen molar-refractivity contribution in [1.82, 2.24) is 9.97 Å². The number of hydrogen-bond donors (Lipinski definition) is 2. The number of rotatable bonds is 5. The molecule has 0 unspecified atom stereocenters. The van der Waals surface area contributed by atoms with Gasteiger partial charge in [0.1, 0.15) is 17.1 Å². The number of nitrogens with zero attached hydrogens (tertiary/aromatic N) is 1.